The summed E-state index contributed by atoms with van der Waals surface area (Å²) in [6.45, 7) is 0. The van der Waals surface area contributed by atoms with Gasteiger partial charge in [0.25, 0.3) is 0 Å². The van der Waals surface area contributed by atoms with E-state index in [-0.39, 0.29) is 0 Å². The second kappa shape index (κ2) is 13.0. The van der Waals surface area contributed by atoms with E-state index in [0.717, 1.165) is 17.1 Å². The van der Waals surface area contributed by atoms with Crippen LogP contribution in [0.5, 0.6) is 0 Å². The minimum Gasteiger partial charge on any atom is -0.310 e. The minimum atomic E-state index is 1.10. The second-order valence-electron chi connectivity index (χ2n) is 13.7. The Balaban J connectivity index is 1.16. The van der Waals surface area contributed by atoms with Crippen molar-refractivity contribution in [3.8, 4) is 33.4 Å². The van der Waals surface area contributed by atoms with Crippen molar-refractivity contribution in [2.75, 3.05) is 4.90 Å². The predicted molar refractivity (Wildman–Crippen MR) is 227 cm³/mol. The zero-order valence-electron chi connectivity index (χ0n) is 29.2. The van der Waals surface area contributed by atoms with Crippen molar-refractivity contribution in [3.63, 3.8) is 0 Å². The maximum atomic E-state index is 2.42. The van der Waals surface area contributed by atoms with Gasteiger partial charge in [-0.1, -0.05) is 176 Å². The van der Waals surface area contributed by atoms with Gasteiger partial charge in [-0.05, 0) is 107 Å². The Morgan fingerprint density at radius 1 is 0.245 bits per heavy atom. The Bertz CT molecular complexity index is 2930. The van der Waals surface area contributed by atoms with Crippen LogP contribution in [0.25, 0.3) is 76.5 Å². The summed E-state index contributed by atoms with van der Waals surface area (Å²) in [4.78, 5) is 2.42. The van der Waals surface area contributed by atoms with Gasteiger partial charge in [0, 0.05) is 16.9 Å². The van der Waals surface area contributed by atoms with Gasteiger partial charge in [-0.25, -0.2) is 0 Å². The lowest BCUT2D eigenvalue weighted by molar-refractivity contribution is 1.28. The SMILES string of the molecule is c1ccc(N(c2ccc(-c3ccc4c(ccc5ccccc54)c3)cc2)c2cc(-c3cccc4ccccc34)ccc2-c2cccc3ccccc23)cc1. The molecule has 0 aromatic heterocycles. The number of benzene rings is 10. The molecule has 0 spiro atoms. The summed E-state index contributed by atoms with van der Waals surface area (Å²) in [6, 6.07) is 77.3. The monoisotopic (exact) mass is 673 g/mol. The van der Waals surface area contributed by atoms with Crippen LogP contribution in [0.15, 0.2) is 212 Å². The van der Waals surface area contributed by atoms with Gasteiger partial charge >= 0.3 is 0 Å². The molecule has 0 aliphatic carbocycles. The molecule has 0 saturated heterocycles. The number of nitrogens with zero attached hydrogens (tertiary/aromatic N) is 1. The van der Waals surface area contributed by atoms with Gasteiger partial charge in [-0.2, -0.15) is 0 Å². The highest BCUT2D eigenvalue weighted by Crippen LogP contribution is 2.45. The maximum absolute atomic E-state index is 2.42. The van der Waals surface area contributed by atoms with Crippen LogP contribution in [0, 0.1) is 0 Å². The second-order valence-corrected chi connectivity index (χ2v) is 13.7. The molecule has 0 N–H and O–H groups in total. The Hall–Kier alpha value is -6.96. The molecule has 0 bridgehead atoms. The molecule has 0 unspecified atom stereocenters. The quantitative estimate of drug-likeness (QED) is 0.159. The lowest BCUT2D eigenvalue weighted by atomic mass is 9.92. The molecule has 0 amide bonds. The molecule has 10 aromatic rings. The molecule has 10 aromatic carbocycles. The van der Waals surface area contributed by atoms with Gasteiger partial charge in [-0.15, -0.1) is 0 Å². The van der Waals surface area contributed by atoms with E-state index < -0.39 is 0 Å². The average Bonchev–Trinajstić information content (AvgIpc) is 3.24. The third-order valence-electron chi connectivity index (χ3n) is 10.6. The van der Waals surface area contributed by atoms with E-state index in [4.69, 9.17) is 0 Å². The van der Waals surface area contributed by atoms with Crippen LogP contribution in [-0.4, -0.2) is 0 Å². The molecule has 248 valence electrons. The summed E-state index contributed by atoms with van der Waals surface area (Å²) >= 11 is 0. The highest BCUT2D eigenvalue weighted by atomic mass is 15.1. The number of anilines is 3. The van der Waals surface area contributed by atoms with Crippen molar-refractivity contribution in [2.45, 2.75) is 0 Å². The zero-order valence-corrected chi connectivity index (χ0v) is 29.2. The summed E-state index contributed by atoms with van der Waals surface area (Å²) in [5.74, 6) is 0. The Kier molecular flexibility index (Phi) is 7.55. The van der Waals surface area contributed by atoms with Gasteiger partial charge < -0.3 is 4.90 Å². The summed E-state index contributed by atoms with van der Waals surface area (Å²) in [7, 11) is 0. The van der Waals surface area contributed by atoms with Gasteiger partial charge in [-0.3, -0.25) is 0 Å². The molecule has 0 aliphatic rings. The van der Waals surface area contributed by atoms with Crippen LogP contribution in [0.1, 0.15) is 0 Å². The predicted octanol–water partition coefficient (Wildman–Crippen LogP) is 14.8. The summed E-state index contributed by atoms with van der Waals surface area (Å²) in [6.07, 6.45) is 0. The van der Waals surface area contributed by atoms with E-state index in [9.17, 15) is 0 Å². The summed E-state index contributed by atoms with van der Waals surface area (Å²) < 4.78 is 0. The average molecular weight is 674 g/mol. The fraction of sp³-hybridized carbons (Fsp3) is 0. The Morgan fingerprint density at radius 2 is 0.755 bits per heavy atom. The number of rotatable bonds is 6. The van der Waals surface area contributed by atoms with Crippen LogP contribution < -0.4 is 4.90 Å². The highest BCUT2D eigenvalue weighted by molar-refractivity contribution is 6.08. The number of hydrogen-bond donors (Lipinski definition) is 0. The minimum absolute atomic E-state index is 1.10. The molecule has 0 atom stereocenters. The fourth-order valence-corrected chi connectivity index (χ4v) is 8.05. The van der Waals surface area contributed by atoms with Gasteiger partial charge in [0.1, 0.15) is 0 Å². The van der Waals surface area contributed by atoms with Gasteiger partial charge in [0.15, 0.2) is 0 Å². The first-order valence-electron chi connectivity index (χ1n) is 18.3. The van der Waals surface area contributed by atoms with Crippen LogP contribution in [0.4, 0.5) is 17.1 Å². The molecular formula is C52H35N. The highest BCUT2D eigenvalue weighted by Gasteiger charge is 2.20. The molecule has 10 rings (SSSR count). The van der Waals surface area contributed by atoms with E-state index in [1.165, 1.54) is 76.5 Å². The van der Waals surface area contributed by atoms with Crippen LogP contribution in [-0.2, 0) is 0 Å². The summed E-state index contributed by atoms with van der Waals surface area (Å²) in [5.41, 5.74) is 10.5. The van der Waals surface area contributed by atoms with Crippen molar-refractivity contribution in [1.82, 2.24) is 0 Å². The topological polar surface area (TPSA) is 3.24 Å². The van der Waals surface area contributed by atoms with E-state index in [2.05, 4.69) is 217 Å². The van der Waals surface area contributed by atoms with Crippen molar-refractivity contribution in [3.05, 3.63) is 212 Å². The largest absolute Gasteiger partial charge is 0.310 e. The molecule has 0 fully saturated rings. The van der Waals surface area contributed by atoms with Gasteiger partial charge in [0.05, 0.1) is 5.69 Å². The number of hydrogen-bond acceptors (Lipinski definition) is 1. The molecule has 1 heteroatoms. The molecular weight excluding hydrogens is 639 g/mol. The van der Waals surface area contributed by atoms with E-state index in [1.807, 2.05) is 0 Å². The third-order valence-corrected chi connectivity index (χ3v) is 10.6. The molecule has 0 saturated carbocycles. The molecule has 0 radical (unpaired) electrons. The van der Waals surface area contributed by atoms with E-state index in [0.29, 0.717) is 0 Å². The van der Waals surface area contributed by atoms with Crippen LogP contribution >= 0.6 is 0 Å². The molecule has 0 aliphatic heterocycles. The first-order chi connectivity index (χ1) is 26.3. The smallest absolute Gasteiger partial charge is 0.0546 e. The fourth-order valence-electron chi connectivity index (χ4n) is 8.05. The summed E-state index contributed by atoms with van der Waals surface area (Å²) in [5, 5.41) is 10.0. The van der Waals surface area contributed by atoms with Crippen molar-refractivity contribution < 1.29 is 0 Å². The number of fused-ring (bicyclic) bond motifs is 5. The molecule has 1 nitrogen and oxygen atoms in total. The maximum Gasteiger partial charge on any atom is 0.0546 e. The number of para-hydroxylation sites is 1. The lowest BCUT2D eigenvalue weighted by Gasteiger charge is -2.29. The lowest BCUT2D eigenvalue weighted by Crippen LogP contribution is -2.11. The first kappa shape index (κ1) is 30.8. The van der Waals surface area contributed by atoms with Crippen LogP contribution in [0.3, 0.4) is 0 Å². The normalized spacial score (nSPS) is 11.4. The van der Waals surface area contributed by atoms with E-state index in [1.54, 1.807) is 0 Å². The van der Waals surface area contributed by atoms with Crippen molar-refractivity contribution >= 4 is 60.2 Å². The van der Waals surface area contributed by atoms with Crippen molar-refractivity contribution in [1.29, 1.82) is 0 Å². The first-order valence-corrected chi connectivity index (χ1v) is 18.3. The standard InChI is InChI=1S/C52H35N/c1-2-17-43(18-3-1)53(44-30-26-36(27-31-44)40-28-32-49-41(34-40)25-24-39-14-6-8-20-46(39)49)52-35-42(48-22-10-15-37-12-4-7-19-45(37)48)29-33-51(52)50-23-11-16-38-13-5-9-21-47(38)50/h1-35H. The van der Waals surface area contributed by atoms with Crippen molar-refractivity contribution in [2.24, 2.45) is 0 Å². The molecule has 53 heavy (non-hydrogen) atoms. The van der Waals surface area contributed by atoms with E-state index >= 15 is 0 Å². The third kappa shape index (κ3) is 5.51. The van der Waals surface area contributed by atoms with Gasteiger partial charge in [0.2, 0.25) is 0 Å². The molecule has 0 heterocycles. The van der Waals surface area contributed by atoms with Crippen LogP contribution in [0.2, 0.25) is 0 Å². The Labute approximate surface area is 309 Å². The Morgan fingerprint density at radius 3 is 1.49 bits per heavy atom. The zero-order chi connectivity index (χ0) is 35.1.